The van der Waals surface area contributed by atoms with Crippen molar-refractivity contribution in [1.82, 2.24) is 4.90 Å². The maximum Gasteiger partial charge on any atom is 0.316 e. The first-order valence-corrected chi connectivity index (χ1v) is 7.11. The summed E-state index contributed by atoms with van der Waals surface area (Å²) in [6.45, 7) is 4.24. The Labute approximate surface area is 129 Å². The summed E-state index contributed by atoms with van der Waals surface area (Å²) in [4.78, 5) is 37.9. The van der Waals surface area contributed by atoms with Gasteiger partial charge in [-0.25, -0.2) is 0 Å². The molecule has 0 aromatic heterocycles. The number of carboxylic acids is 1. The van der Waals surface area contributed by atoms with Crippen LogP contribution < -0.4 is 4.90 Å². The zero-order chi connectivity index (χ0) is 16.5. The minimum Gasteiger partial charge on any atom is -0.481 e. The average Bonchev–Trinajstić information content (AvgIpc) is 2.44. The number of anilines is 1. The molecule has 1 fully saturated rings. The van der Waals surface area contributed by atoms with E-state index in [0.717, 1.165) is 5.56 Å². The van der Waals surface area contributed by atoms with Gasteiger partial charge in [0.05, 0.1) is 5.41 Å². The van der Waals surface area contributed by atoms with E-state index in [2.05, 4.69) is 0 Å². The quantitative estimate of drug-likeness (QED) is 0.846. The predicted molar refractivity (Wildman–Crippen MR) is 81.6 cm³/mol. The Kier molecular flexibility index (Phi) is 4.21. The van der Waals surface area contributed by atoms with E-state index in [1.807, 2.05) is 6.07 Å². The van der Waals surface area contributed by atoms with Crippen molar-refractivity contribution in [2.75, 3.05) is 25.0 Å². The molecule has 6 heteroatoms. The van der Waals surface area contributed by atoms with Crippen LogP contribution in [0, 0.1) is 5.41 Å². The lowest BCUT2D eigenvalue weighted by atomic mass is 9.86. The van der Waals surface area contributed by atoms with Crippen LogP contribution in [0.25, 0.3) is 0 Å². The van der Waals surface area contributed by atoms with E-state index >= 15 is 0 Å². The number of benzene rings is 1. The standard InChI is InChI=1S/C16H20N2O4/c1-16(2,15(21)22)10-11-5-4-6-12(9-11)18-8-7-17(3)13(19)14(18)20/h4-6,9H,7-8,10H2,1-3H3,(H,21,22). The normalized spacial score (nSPS) is 16.1. The molecule has 0 bridgehead atoms. The van der Waals surface area contributed by atoms with E-state index in [-0.39, 0.29) is 0 Å². The Morgan fingerprint density at radius 2 is 1.91 bits per heavy atom. The number of carbonyl (C=O) groups is 3. The zero-order valence-corrected chi connectivity index (χ0v) is 13.0. The van der Waals surface area contributed by atoms with Crippen molar-refractivity contribution in [2.45, 2.75) is 20.3 Å². The van der Waals surface area contributed by atoms with Crippen LogP contribution in [0.1, 0.15) is 19.4 Å². The Hall–Kier alpha value is -2.37. The Bertz CT molecular complexity index is 624. The first-order chi connectivity index (χ1) is 10.2. The van der Waals surface area contributed by atoms with E-state index in [9.17, 15) is 19.5 Å². The van der Waals surface area contributed by atoms with Crippen LogP contribution in [0.3, 0.4) is 0 Å². The van der Waals surface area contributed by atoms with Gasteiger partial charge in [-0.3, -0.25) is 14.4 Å². The van der Waals surface area contributed by atoms with Gasteiger partial charge >= 0.3 is 17.8 Å². The molecule has 0 unspecified atom stereocenters. The van der Waals surface area contributed by atoms with Gasteiger partial charge in [-0.1, -0.05) is 12.1 Å². The zero-order valence-electron chi connectivity index (χ0n) is 13.0. The maximum absolute atomic E-state index is 12.1. The number of aliphatic carboxylic acids is 1. The van der Waals surface area contributed by atoms with Crippen LogP contribution in [-0.4, -0.2) is 47.9 Å². The van der Waals surface area contributed by atoms with E-state index in [0.29, 0.717) is 25.2 Å². The SMILES string of the molecule is CN1CCN(c2cccc(CC(C)(C)C(=O)O)c2)C(=O)C1=O. The van der Waals surface area contributed by atoms with Crippen LogP contribution in [0.2, 0.25) is 0 Å². The fourth-order valence-corrected chi connectivity index (χ4v) is 2.40. The minimum atomic E-state index is -0.888. The molecule has 22 heavy (non-hydrogen) atoms. The molecule has 1 heterocycles. The molecule has 1 aromatic rings. The van der Waals surface area contributed by atoms with E-state index in [4.69, 9.17) is 0 Å². The number of piperazine rings is 1. The lowest BCUT2D eigenvalue weighted by Gasteiger charge is -2.31. The van der Waals surface area contributed by atoms with Crippen molar-refractivity contribution >= 4 is 23.5 Å². The molecular formula is C16H20N2O4. The summed E-state index contributed by atoms with van der Waals surface area (Å²) in [6.07, 6.45) is 0.353. The number of rotatable bonds is 4. The van der Waals surface area contributed by atoms with Gasteiger partial charge in [0, 0.05) is 25.8 Å². The summed E-state index contributed by atoms with van der Waals surface area (Å²) < 4.78 is 0. The highest BCUT2D eigenvalue weighted by Crippen LogP contribution is 2.25. The lowest BCUT2D eigenvalue weighted by Crippen LogP contribution is -2.53. The van der Waals surface area contributed by atoms with Crippen molar-refractivity contribution in [1.29, 1.82) is 0 Å². The van der Waals surface area contributed by atoms with Gasteiger partial charge in [0.25, 0.3) is 0 Å². The summed E-state index contributed by atoms with van der Waals surface area (Å²) >= 11 is 0. The molecule has 2 amide bonds. The smallest absolute Gasteiger partial charge is 0.316 e. The monoisotopic (exact) mass is 304 g/mol. The fourth-order valence-electron chi connectivity index (χ4n) is 2.40. The van der Waals surface area contributed by atoms with Gasteiger partial charge in [0.1, 0.15) is 0 Å². The lowest BCUT2D eigenvalue weighted by molar-refractivity contribution is -0.146. The minimum absolute atomic E-state index is 0.353. The van der Waals surface area contributed by atoms with E-state index in [1.165, 1.54) is 9.80 Å². The molecule has 118 valence electrons. The third-order valence-electron chi connectivity index (χ3n) is 3.88. The molecular weight excluding hydrogens is 284 g/mol. The van der Waals surface area contributed by atoms with Crippen molar-refractivity contribution in [3.8, 4) is 0 Å². The summed E-state index contributed by atoms with van der Waals surface area (Å²) in [6, 6.07) is 7.14. The average molecular weight is 304 g/mol. The molecule has 1 aliphatic rings. The molecule has 0 atom stereocenters. The first kappa shape index (κ1) is 16.0. The fraction of sp³-hybridized carbons (Fsp3) is 0.438. The molecule has 1 saturated heterocycles. The molecule has 0 aliphatic carbocycles. The van der Waals surface area contributed by atoms with Gasteiger partial charge in [0.2, 0.25) is 0 Å². The number of carbonyl (C=O) groups excluding carboxylic acids is 2. The van der Waals surface area contributed by atoms with Gasteiger partial charge in [-0.15, -0.1) is 0 Å². The van der Waals surface area contributed by atoms with Crippen molar-refractivity contribution in [3.05, 3.63) is 29.8 Å². The molecule has 1 N–H and O–H groups in total. The van der Waals surface area contributed by atoms with Crippen molar-refractivity contribution in [3.63, 3.8) is 0 Å². The maximum atomic E-state index is 12.1. The molecule has 0 spiro atoms. The molecule has 1 aliphatic heterocycles. The van der Waals surface area contributed by atoms with E-state index < -0.39 is 23.2 Å². The summed E-state index contributed by atoms with van der Waals surface area (Å²) in [5, 5.41) is 9.21. The number of carboxylic acid groups (broad SMARTS) is 1. The third-order valence-corrected chi connectivity index (χ3v) is 3.88. The van der Waals surface area contributed by atoms with Crippen molar-refractivity contribution in [2.24, 2.45) is 5.41 Å². The number of hydrogen-bond donors (Lipinski definition) is 1. The number of likely N-dealkylation sites (N-methyl/N-ethyl adjacent to an activating group) is 1. The van der Waals surface area contributed by atoms with Crippen LogP contribution in [0.15, 0.2) is 24.3 Å². The van der Waals surface area contributed by atoms with Crippen LogP contribution in [0.4, 0.5) is 5.69 Å². The summed E-state index contributed by atoms with van der Waals surface area (Å²) in [7, 11) is 1.60. The Morgan fingerprint density at radius 1 is 1.23 bits per heavy atom. The molecule has 2 rings (SSSR count). The molecule has 6 nitrogen and oxygen atoms in total. The largest absolute Gasteiger partial charge is 0.481 e. The van der Waals surface area contributed by atoms with Crippen LogP contribution in [0.5, 0.6) is 0 Å². The van der Waals surface area contributed by atoms with Gasteiger partial charge < -0.3 is 14.9 Å². The molecule has 0 saturated carbocycles. The summed E-state index contributed by atoms with van der Waals surface area (Å²) in [5.74, 6) is -1.95. The second kappa shape index (κ2) is 5.79. The first-order valence-electron chi connectivity index (χ1n) is 7.11. The highest BCUT2D eigenvalue weighted by Gasteiger charge is 2.32. The van der Waals surface area contributed by atoms with E-state index in [1.54, 1.807) is 39.1 Å². The Morgan fingerprint density at radius 3 is 2.55 bits per heavy atom. The van der Waals surface area contributed by atoms with Gasteiger partial charge in [0.15, 0.2) is 0 Å². The highest BCUT2D eigenvalue weighted by molar-refractivity contribution is 6.40. The second-order valence-electron chi connectivity index (χ2n) is 6.22. The van der Waals surface area contributed by atoms with Crippen LogP contribution >= 0.6 is 0 Å². The number of amides is 2. The highest BCUT2D eigenvalue weighted by atomic mass is 16.4. The van der Waals surface area contributed by atoms with Gasteiger partial charge in [-0.05, 0) is 38.0 Å². The second-order valence-corrected chi connectivity index (χ2v) is 6.22. The molecule has 0 radical (unpaired) electrons. The number of hydrogen-bond acceptors (Lipinski definition) is 3. The third kappa shape index (κ3) is 3.10. The topological polar surface area (TPSA) is 77.9 Å². The Balaban J connectivity index is 2.24. The predicted octanol–water partition coefficient (Wildman–Crippen LogP) is 1.14. The number of nitrogens with zero attached hydrogens (tertiary/aromatic N) is 2. The van der Waals surface area contributed by atoms with Gasteiger partial charge in [-0.2, -0.15) is 0 Å². The summed E-state index contributed by atoms with van der Waals surface area (Å²) in [5.41, 5.74) is 0.565. The molecule has 1 aromatic carbocycles. The van der Waals surface area contributed by atoms with Crippen molar-refractivity contribution < 1.29 is 19.5 Å². The van der Waals surface area contributed by atoms with Crippen LogP contribution in [-0.2, 0) is 20.8 Å².